The van der Waals surface area contributed by atoms with Gasteiger partial charge in [0.25, 0.3) is 10.0 Å². The van der Waals surface area contributed by atoms with Crippen LogP contribution >= 0.6 is 0 Å². The van der Waals surface area contributed by atoms with Crippen molar-refractivity contribution in [1.82, 2.24) is 9.80 Å². The van der Waals surface area contributed by atoms with Crippen molar-refractivity contribution in [2.75, 3.05) is 50.7 Å². The van der Waals surface area contributed by atoms with E-state index in [1.807, 2.05) is 0 Å². The highest BCUT2D eigenvalue weighted by Crippen LogP contribution is 2.32. The fourth-order valence-electron chi connectivity index (χ4n) is 3.39. The smallest absolute Gasteiger partial charge is 0.264 e. The highest BCUT2D eigenvalue weighted by Gasteiger charge is 2.31. The Bertz CT molecular complexity index is 926. The van der Waals surface area contributed by atoms with Crippen LogP contribution in [-0.2, 0) is 14.8 Å². The van der Waals surface area contributed by atoms with E-state index in [0.29, 0.717) is 24.5 Å². The molecule has 2 aromatic carbocycles. The zero-order chi connectivity index (χ0) is 20.9. The summed E-state index contributed by atoms with van der Waals surface area (Å²) >= 11 is 0. The topological polar surface area (TPSA) is 70.2 Å². The molecular weight excluding hydrogens is 390 g/mol. The lowest BCUT2D eigenvalue weighted by Gasteiger charge is -2.35. The number of nitrogens with zero attached hydrogens (tertiary/aromatic N) is 3. The molecule has 0 radical (unpaired) electrons. The molecule has 156 valence electrons. The van der Waals surface area contributed by atoms with Crippen LogP contribution in [0.4, 0.5) is 5.69 Å². The molecule has 8 heteroatoms. The lowest BCUT2D eigenvalue weighted by molar-refractivity contribution is -0.131. The van der Waals surface area contributed by atoms with Crippen LogP contribution in [0.5, 0.6) is 5.75 Å². The number of piperazine rings is 1. The summed E-state index contributed by atoms with van der Waals surface area (Å²) in [6.07, 6.45) is 0. The number of sulfonamides is 1. The molecule has 0 bridgehead atoms. The number of hydrogen-bond acceptors (Lipinski definition) is 5. The molecule has 7 nitrogen and oxygen atoms in total. The van der Waals surface area contributed by atoms with E-state index in [0.717, 1.165) is 23.9 Å². The number of ether oxygens (including phenoxy) is 1. The number of rotatable bonds is 7. The molecule has 0 saturated carbocycles. The van der Waals surface area contributed by atoms with E-state index in [9.17, 15) is 13.2 Å². The summed E-state index contributed by atoms with van der Waals surface area (Å²) in [7, 11) is -2.46. The van der Waals surface area contributed by atoms with Crippen LogP contribution in [0.3, 0.4) is 0 Å². The standard InChI is InChI=1S/C21H27N3O4S/c1-3-22-13-15-23(16-14-22)21(25)17-24(19-11-7-8-12-20(19)28-2)29(26,27)18-9-5-4-6-10-18/h4-12H,3,13-17H2,1-2H3. The van der Waals surface area contributed by atoms with Gasteiger partial charge < -0.3 is 14.5 Å². The first-order valence-electron chi connectivity index (χ1n) is 9.68. The van der Waals surface area contributed by atoms with Crippen molar-refractivity contribution >= 4 is 21.6 Å². The number of para-hydroxylation sites is 2. The van der Waals surface area contributed by atoms with Gasteiger partial charge in [0, 0.05) is 26.2 Å². The van der Waals surface area contributed by atoms with E-state index in [4.69, 9.17) is 4.74 Å². The molecule has 0 N–H and O–H groups in total. The Morgan fingerprint density at radius 2 is 1.62 bits per heavy atom. The third-order valence-electron chi connectivity index (χ3n) is 5.14. The van der Waals surface area contributed by atoms with E-state index < -0.39 is 10.0 Å². The Balaban J connectivity index is 1.93. The zero-order valence-corrected chi connectivity index (χ0v) is 17.6. The molecule has 1 saturated heterocycles. The molecular formula is C21H27N3O4S. The average molecular weight is 418 g/mol. The number of benzene rings is 2. The number of likely N-dealkylation sites (N-methyl/N-ethyl adjacent to an activating group) is 1. The van der Waals surface area contributed by atoms with Gasteiger partial charge in [0.2, 0.25) is 5.91 Å². The number of hydrogen-bond donors (Lipinski definition) is 0. The van der Waals surface area contributed by atoms with Crippen LogP contribution < -0.4 is 9.04 Å². The van der Waals surface area contributed by atoms with Crippen molar-refractivity contribution in [3.63, 3.8) is 0 Å². The van der Waals surface area contributed by atoms with Gasteiger partial charge in [0.05, 0.1) is 17.7 Å². The van der Waals surface area contributed by atoms with Gasteiger partial charge in [0.15, 0.2) is 0 Å². The van der Waals surface area contributed by atoms with Gasteiger partial charge in [-0.15, -0.1) is 0 Å². The second kappa shape index (κ2) is 9.28. The van der Waals surface area contributed by atoms with Gasteiger partial charge in [-0.1, -0.05) is 37.3 Å². The summed E-state index contributed by atoms with van der Waals surface area (Å²) in [5, 5.41) is 0. The molecule has 1 heterocycles. The van der Waals surface area contributed by atoms with Crippen molar-refractivity contribution in [1.29, 1.82) is 0 Å². The summed E-state index contributed by atoms with van der Waals surface area (Å²) in [5.41, 5.74) is 0.347. The maximum absolute atomic E-state index is 13.4. The highest BCUT2D eigenvalue weighted by molar-refractivity contribution is 7.92. The molecule has 1 fully saturated rings. The first-order valence-corrected chi connectivity index (χ1v) is 11.1. The first-order chi connectivity index (χ1) is 14.0. The fraction of sp³-hybridized carbons (Fsp3) is 0.381. The van der Waals surface area contributed by atoms with Gasteiger partial charge in [-0.05, 0) is 30.8 Å². The highest BCUT2D eigenvalue weighted by atomic mass is 32.2. The molecule has 1 amide bonds. The molecule has 1 aliphatic rings. The van der Waals surface area contributed by atoms with Gasteiger partial charge in [-0.2, -0.15) is 0 Å². The second-order valence-electron chi connectivity index (χ2n) is 6.81. The van der Waals surface area contributed by atoms with Crippen LogP contribution in [0, 0.1) is 0 Å². The molecule has 0 aromatic heterocycles. The molecule has 0 unspecified atom stereocenters. The largest absolute Gasteiger partial charge is 0.495 e. The third-order valence-corrected chi connectivity index (χ3v) is 6.91. The molecule has 0 aliphatic carbocycles. The lowest BCUT2D eigenvalue weighted by atomic mass is 10.2. The second-order valence-corrected chi connectivity index (χ2v) is 8.67. The summed E-state index contributed by atoms with van der Waals surface area (Å²) in [5.74, 6) is 0.182. The van der Waals surface area contributed by atoms with E-state index in [1.165, 1.54) is 19.2 Å². The average Bonchev–Trinajstić information content (AvgIpc) is 2.77. The minimum Gasteiger partial charge on any atom is -0.495 e. The van der Waals surface area contributed by atoms with Gasteiger partial charge >= 0.3 is 0 Å². The molecule has 29 heavy (non-hydrogen) atoms. The summed E-state index contributed by atoms with van der Waals surface area (Å²) in [6.45, 7) is 5.54. The van der Waals surface area contributed by atoms with E-state index in [1.54, 1.807) is 47.4 Å². The summed E-state index contributed by atoms with van der Waals surface area (Å²) in [4.78, 5) is 17.1. The van der Waals surface area contributed by atoms with E-state index >= 15 is 0 Å². The summed E-state index contributed by atoms with van der Waals surface area (Å²) < 4.78 is 33.3. The van der Waals surface area contributed by atoms with E-state index in [2.05, 4.69) is 11.8 Å². The zero-order valence-electron chi connectivity index (χ0n) is 16.8. The number of carbonyl (C=O) groups is 1. The van der Waals surface area contributed by atoms with Crippen molar-refractivity contribution in [2.45, 2.75) is 11.8 Å². The molecule has 2 aromatic rings. The van der Waals surface area contributed by atoms with E-state index in [-0.39, 0.29) is 17.3 Å². The minimum absolute atomic E-state index is 0.134. The van der Waals surface area contributed by atoms with Gasteiger partial charge in [-0.3, -0.25) is 9.10 Å². The number of carbonyl (C=O) groups excluding carboxylic acids is 1. The number of methoxy groups -OCH3 is 1. The van der Waals surface area contributed by atoms with Crippen molar-refractivity contribution in [3.05, 3.63) is 54.6 Å². The van der Waals surface area contributed by atoms with Crippen LogP contribution in [0.25, 0.3) is 0 Å². The lowest BCUT2D eigenvalue weighted by Crippen LogP contribution is -2.51. The van der Waals surface area contributed by atoms with Crippen LogP contribution in [0.15, 0.2) is 59.5 Å². The van der Waals surface area contributed by atoms with Crippen molar-refractivity contribution in [2.24, 2.45) is 0 Å². The quantitative estimate of drug-likeness (QED) is 0.690. The molecule has 0 atom stereocenters. The van der Waals surface area contributed by atoms with Gasteiger partial charge in [-0.25, -0.2) is 8.42 Å². The number of anilines is 1. The molecule has 0 spiro atoms. The Morgan fingerprint density at radius 1 is 1.00 bits per heavy atom. The maximum atomic E-state index is 13.4. The normalized spacial score (nSPS) is 15.2. The third kappa shape index (κ3) is 4.71. The number of amides is 1. The Kier molecular flexibility index (Phi) is 6.76. The van der Waals surface area contributed by atoms with Crippen LogP contribution in [-0.4, -0.2) is 70.5 Å². The summed E-state index contributed by atoms with van der Waals surface area (Å²) in [6, 6.07) is 15.0. The molecule has 3 rings (SSSR count). The van der Waals surface area contributed by atoms with Crippen molar-refractivity contribution < 1.29 is 17.9 Å². The van der Waals surface area contributed by atoms with Crippen molar-refractivity contribution in [3.8, 4) is 5.75 Å². The Labute approximate surface area is 172 Å². The predicted molar refractivity (Wildman–Crippen MR) is 113 cm³/mol. The first kappa shape index (κ1) is 21.1. The molecule has 1 aliphatic heterocycles. The maximum Gasteiger partial charge on any atom is 0.264 e. The fourth-order valence-corrected chi connectivity index (χ4v) is 4.84. The minimum atomic E-state index is -3.94. The Hall–Kier alpha value is -2.58. The monoisotopic (exact) mass is 417 g/mol. The van der Waals surface area contributed by atoms with Crippen LogP contribution in [0.2, 0.25) is 0 Å². The Morgan fingerprint density at radius 3 is 2.24 bits per heavy atom. The predicted octanol–water partition coefficient (Wildman–Crippen LogP) is 2.05. The SMILES string of the molecule is CCN1CCN(C(=O)CN(c2ccccc2OC)S(=O)(=O)c2ccccc2)CC1. The van der Waals surface area contributed by atoms with Gasteiger partial charge in [0.1, 0.15) is 12.3 Å². The van der Waals surface area contributed by atoms with Crippen LogP contribution in [0.1, 0.15) is 6.92 Å².